The zero-order valence-electron chi connectivity index (χ0n) is 10.5. The first-order valence-corrected chi connectivity index (χ1v) is 6.26. The molecular formula is C14H20FNO. The second-order valence-electron chi connectivity index (χ2n) is 5.23. The summed E-state index contributed by atoms with van der Waals surface area (Å²) < 4.78 is 13.2. The maximum Gasteiger partial charge on any atom is 0.165 e. The number of para-hydroxylation sites is 1. The zero-order valence-corrected chi connectivity index (χ0v) is 10.5. The van der Waals surface area contributed by atoms with Gasteiger partial charge in [0.2, 0.25) is 0 Å². The maximum atomic E-state index is 13.2. The lowest BCUT2D eigenvalue weighted by Gasteiger charge is -2.35. The van der Waals surface area contributed by atoms with E-state index in [1.54, 1.807) is 12.1 Å². The number of likely N-dealkylation sites (tertiary alicyclic amines) is 1. The van der Waals surface area contributed by atoms with E-state index in [4.69, 9.17) is 0 Å². The molecule has 17 heavy (non-hydrogen) atoms. The van der Waals surface area contributed by atoms with Crippen molar-refractivity contribution < 1.29 is 9.50 Å². The van der Waals surface area contributed by atoms with Gasteiger partial charge in [-0.15, -0.1) is 0 Å². The van der Waals surface area contributed by atoms with Crippen molar-refractivity contribution in [2.45, 2.75) is 26.8 Å². The Hall–Kier alpha value is -1.09. The summed E-state index contributed by atoms with van der Waals surface area (Å²) in [5.74, 6) is 0.700. The van der Waals surface area contributed by atoms with Gasteiger partial charge < -0.3 is 5.11 Å². The van der Waals surface area contributed by atoms with Gasteiger partial charge in [-0.3, -0.25) is 4.90 Å². The summed E-state index contributed by atoms with van der Waals surface area (Å²) >= 11 is 0. The molecule has 1 fully saturated rings. The van der Waals surface area contributed by atoms with Crippen LogP contribution < -0.4 is 0 Å². The Kier molecular flexibility index (Phi) is 3.67. The van der Waals surface area contributed by atoms with Crippen LogP contribution in [0.15, 0.2) is 18.2 Å². The number of aromatic hydroxyl groups is 1. The first kappa shape index (κ1) is 12.4. The van der Waals surface area contributed by atoms with E-state index in [0.29, 0.717) is 18.0 Å². The number of hydrogen-bond donors (Lipinski definition) is 1. The average molecular weight is 237 g/mol. The Morgan fingerprint density at radius 1 is 1.35 bits per heavy atom. The normalized spacial score (nSPS) is 26.1. The minimum Gasteiger partial charge on any atom is -0.505 e. The predicted molar refractivity (Wildman–Crippen MR) is 66.3 cm³/mol. The number of hydrogen-bond acceptors (Lipinski definition) is 2. The molecule has 1 aliphatic rings. The van der Waals surface area contributed by atoms with Crippen molar-refractivity contribution in [3.05, 3.63) is 29.6 Å². The molecular weight excluding hydrogens is 217 g/mol. The summed E-state index contributed by atoms with van der Waals surface area (Å²) in [6.07, 6.45) is 1.18. The van der Waals surface area contributed by atoms with Crippen molar-refractivity contribution in [3.63, 3.8) is 0 Å². The summed E-state index contributed by atoms with van der Waals surface area (Å²) in [6, 6.07) is 4.74. The molecule has 0 bridgehead atoms. The molecule has 2 nitrogen and oxygen atoms in total. The number of phenols is 1. The smallest absolute Gasteiger partial charge is 0.165 e. The molecule has 0 aliphatic carbocycles. The van der Waals surface area contributed by atoms with Gasteiger partial charge in [-0.25, -0.2) is 4.39 Å². The van der Waals surface area contributed by atoms with Gasteiger partial charge in [0.15, 0.2) is 11.6 Å². The van der Waals surface area contributed by atoms with Crippen LogP contribution in [-0.2, 0) is 6.54 Å². The molecule has 94 valence electrons. The molecule has 1 aliphatic heterocycles. The summed E-state index contributed by atoms with van der Waals surface area (Å²) in [6.45, 7) is 7.23. The van der Waals surface area contributed by atoms with Gasteiger partial charge in [0.25, 0.3) is 0 Å². The van der Waals surface area contributed by atoms with Crippen LogP contribution in [0.1, 0.15) is 25.8 Å². The number of halogens is 1. The third-order valence-electron chi connectivity index (χ3n) is 3.88. The maximum absolute atomic E-state index is 13.2. The molecule has 2 rings (SSSR count). The molecule has 2 atom stereocenters. The topological polar surface area (TPSA) is 23.5 Å². The minimum atomic E-state index is -0.527. The van der Waals surface area contributed by atoms with Crippen molar-refractivity contribution in [2.24, 2.45) is 11.8 Å². The third-order valence-corrected chi connectivity index (χ3v) is 3.88. The Morgan fingerprint density at radius 2 is 2.12 bits per heavy atom. The number of nitrogens with zero attached hydrogens (tertiary/aromatic N) is 1. The van der Waals surface area contributed by atoms with Gasteiger partial charge in [0, 0.05) is 18.7 Å². The second kappa shape index (κ2) is 5.05. The molecule has 3 heteroatoms. The van der Waals surface area contributed by atoms with Gasteiger partial charge in [0.05, 0.1) is 0 Å². The molecule has 1 aromatic carbocycles. The Balaban J connectivity index is 2.04. The Bertz CT molecular complexity index is 394. The standard InChI is InChI=1S/C14H20FNO/c1-10-6-7-16(8-11(10)2)9-12-4-3-5-13(15)14(12)17/h3-5,10-11,17H,6-9H2,1-2H3. The molecule has 0 amide bonds. The lowest BCUT2D eigenvalue weighted by Crippen LogP contribution is -2.37. The number of phenolic OH excluding ortho intramolecular Hbond substituents is 1. The molecule has 2 unspecified atom stereocenters. The van der Waals surface area contributed by atoms with Gasteiger partial charge >= 0.3 is 0 Å². The van der Waals surface area contributed by atoms with Crippen LogP contribution in [0.25, 0.3) is 0 Å². The molecule has 0 spiro atoms. The molecule has 1 aromatic rings. The fourth-order valence-corrected chi connectivity index (χ4v) is 2.42. The molecule has 1 heterocycles. The van der Waals surface area contributed by atoms with Gasteiger partial charge in [-0.1, -0.05) is 26.0 Å². The van der Waals surface area contributed by atoms with Crippen LogP contribution in [0.4, 0.5) is 4.39 Å². The Morgan fingerprint density at radius 3 is 2.82 bits per heavy atom. The number of rotatable bonds is 2. The quantitative estimate of drug-likeness (QED) is 0.854. The van der Waals surface area contributed by atoms with E-state index in [2.05, 4.69) is 18.7 Å². The largest absolute Gasteiger partial charge is 0.505 e. The van der Waals surface area contributed by atoms with E-state index < -0.39 is 5.82 Å². The van der Waals surface area contributed by atoms with Crippen LogP contribution in [0.3, 0.4) is 0 Å². The highest BCUT2D eigenvalue weighted by Crippen LogP contribution is 2.27. The highest BCUT2D eigenvalue weighted by Gasteiger charge is 2.23. The first-order chi connectivity index (χ1) is 8.08. The van der Waals surface area contributed by atoms with Crippen molar-refractivity contribution >= 4 is 0 Å². The predicted octanol–water partition coefficient (Wildman–Crippen LogP) is 3.01. The molecule has 1 saturated heterocycles. The molecule has 0 saturated carbocycles. The van der Waals surface area contributed by atoms with Crippen LogP contribution in [0, 0.1) is 17.7 Å². The van der Waals surface area contributed by atoms with E-state index >= 15 is 0 Å². The van der Waals surface area contributed by atoms with E-state index in [0.717, 1.165) is 19.0 Å². The summed E-state index contributed by atoms with van der Waals surface area (Å²) in [7, 11) is 0. The van der Waals surface area contributed by atoms with E-state index in [-0.39, 0.29) is 5.75 Å². The van der Waals surface area contributed by atoms with Crippen LogP contribution in [0.5, 0.6) is 5.75 Å². The van der Waals surface area contributed by atoms with Crippen LogP contribution in [-0.4, -0.2) is 23.1 Å². The Labute approximate surface area is 102 Å². The molecule has 0 aromatic heterocycles. The summed E-state index contributed by atoms with van der Waals surface area (Å²) in [4.78, 5) is 2.29. The van der Waals surface area contributed by atoms with E-state index in [1.165, 1.54) is 12.5 Å². The number of benzene rings is 1. The highest BCUT2D eigenvalue weighted by atomic mass is 19.1. The third kappa shape index (κ3) is 2.78. The minimum absolute atomic E-state index is 0.196. The lowest BCUT2D eigenvalue weighted by molar-refractivity contribution is 0.131. The summed E-state index contributed by atoms with van der Waals surface area (Å²) in [5.41, 5.74) is 0.687. The lowest BCUT2D eigenvalue weighted by atomic mass is 9.88. The average Bonchev–Trinajstić information content (AvgIpc) is 2.30. The van der Waals surface area contributed by atoms with Gasteiger partial charge in [0.1, 0.15) is 0 Å². The molecule has 0 radical (unpaired) electrons. The monoisotopic (exact) mass is 237 g/mol. The van der Waals surface area contributed by atoms with E-state index in [9.17, 15) is 9.50 Å². The fraction of sp³-hybridized carbons (Fsp3) is 0.571. The SMILES string of the molecule is CC1CCN(Cc2cccc(F)c2O)CC1C. The fourth-order valence-electron chi connectivity index (χ4n) is 2.42. The highest BCUT2D eigenvalue weighted by molar-refractivity contribution is 5.33. The van der Waals surface area contributed by atoms with Gasteiger partial charge in [-0.2, -0.15) is 0 Å². The van der Waals surface area contributed by atoms with Gasteiger partial charge in [-0.05, 0) is 30.9 Å². The van der Waals surface area contributed by atoms with Crippen molar-refractivity contribution in [1.29, 1.82) is 0 Å². The van der Waals surface area contributed by atoms with Crippen LogP contribution in [0.2, 0.25) is 0 Å². The van der Waals surface area contributed by atoms with Crippen LogP contribution >= 0.6 is 0 Å². The molecule has 1 N–H and O–H groups in total. The second-order valence-corrected chi connectivity index (χ2v) is 5.23. The van der Waals surface area contributed by atoms with Crippen molar-refractivity contribution in [1.82, 2.24) is 4.90 Å². The van der Waals surface area contributed by atoms with Crippen molar-refractivity contribution in [2.75, 3.05) is 13.1 Å². The zero-order chi connectivity index (χ0) is 12.4. The van der Waals surface area contributed by atoms with E-state index in [1.807, 2.05) is 0 Å². The van der Waals surface area contributed by atoms with Crippen molar-refractivity contribution in [3.8, 4) is 5.75 Å². The number of piperidine rings is 1. The first-order valence-electron chi connectivity index (χ1n) is 6.26. The summed E-state index contributed by atoms with van der Waals surface area (Å²) in [5, 5.41) is 9.64.